The Hall–Kier alpha value is -1.96. The van der Waals surface area contributed by atoms with Crippen LogP contribution in [0.2, 0.25) is 0 Å². The van der Waals surface area contributed by atoms with Crippen molar-refractivity contribution >= 4 is 6.03 Å². The van der Waals surface area contributed by atoms with E-state index in [1.165, 1.54) is 19.2 Å². The van der Waals surface area contributed by atoms with Crippen LogP contribution in [-0.2, 0) is 6.18 Å². The Morgan fingerprint density at radius 2 is 1.95 bits per heavy atom. The van der Waals surface area contributed by atoms with Crippen molar-refractivity contribution in [3.05, 3.63) is 29.8 Å². The van der Waals surface area contributed by atoms with Gasteiger partial charge in [0.15, 0.2) is 0 Å². The molecule has 2 amide bonds. The van der Waals surface area contributed by atoms with Crippen molar-refractivity contribution < 1.29 is 27.8 Å². The third kappa shape index (κ3) is 5.35. The van der Waals surface area contributed by atoms with Gasteiger partial charge in [0.05, 0.1) is 5.56 Å². The zero-order valence-electron chi connectivity index (χ0n) is 10.7. The minimum absolute atomic E-state index is 0.0275. The third-order valence-corrected chi connectivity index (χ3v) is 2.35. The second-order valence-electron chi connectivity index (χ2n) is 3.95. The minimum Gasteiger partial charge on any atom is -0.491 e. The number of aliphatic hydroxyl groups is 1. The topological polar surface area (TPSA) is 70.6 Å². The van der Waals surface area contributed by atoms with Crippen LogP contribution in [0.5, 0.6) is 5.75 Å². The average Bonchev–Trinajstić information content (AvgIpc) is 2.41. The fourth-order valence-electron chi connectivity index (χ4n) is 1.29. The first-order chi connectivity index (χ1) is 9.32. The highest BCUT2D eigenvalue weighted by Crippen LogP contribution is 2.30. The van der Waals surface area contributed by atoms with E-state index < -0.39 is 23.9 Å². The fraction of sp³-hybridized carbons (Fsp3) is 0.417. The van der Waals surface area contributed by atoms with Gasteiger partial charge < -0.3 is 20.5 Å². The fourth-order valence-corrected chi connectivity index (χ4v) is 1.29. The Bertz CT molecular complexity index is 435. The molecule has 1 rings (SSSR count). The molecule has 1 aromatic rings. The van der Waals surface area contributed by atoms with Crippen LogP contribution in [0.3, 0.4) is 0 Å². The number of amides is 2. The summed E-state index contributed by atoms with van der Waals surface area (Å²) in [5.41, 5.74) is -0.772. The number of benzene rings is 1. The predicted molar refractivity (Wildman–Crippen MR) is 65.4 cm³/mol. The maximum Gasteiger partial charge on any atom is 0.416 e. The van der Waals surface area contributed by atoms with Gasteiger partial charge in [-0.2, -0.15) is 13.2 Å². The van der Waals surface area contributed by atoms with E-state index in [9.17, 15) is 23.1 Å². The summed E-state index contributed by atoms with van der Waals surface area (Å²) < 4.78 is 42.1. The summed E-state index contributed by atoms with van der Waals surface area (Å²) in [5.74, 6) is 0.206. The van der Waals surface area contributed by atoms with Crippen LogP contribution in [-0.4, -0.2) is 37.4 Å². The van der Waals surface area contributed by atoms with Crippen LogP contribution < -0.4 is 15.4 Å². The monoisotopic (exact) mass is 292 g/mol. The van der Waals surface area contributed by atoms with E-state index in [0.29, 0.717) is 0 Å². The summed E-state index contributed by atoms with van der Waals surface area (Å²) in [7, 11) is 1.43. The Morgan fingerprint density at radius 1 is 1.35 bits per heavy atom. The smallest absolute Gasteiger partial charge is 0.416 e. The molecule has 0 spiro atoms. The lowest BCUT2D eigenvalue weighted by molar-refractivity contribution is -0.137. The molecule has 0 fully saturated rings. The Balaban J connectivity index is 2.40. The third-order valence-electron chi connectivity index (χ3n) is 2.35. The molecule has 0 unspecified atom stereocenters. The predicted octanol–water partition coefficient (Wildman–Crippen LogP) is 1.37. The van der Waals surface area contributed by atoms with E-state index in [0.717, 1.165) is 12.1 Å². The van der Waals surface area contributed by atoms with Crippen molar-refractivity contribution in [2.45, 2.75) is 12.3 Å². The van der Waals surface area contributed by atoms with Gasteiger partial charge in [-0.05, 0) is 24.3 Å². The van der Waals surface area contributed by atoms with E-state index in [1.807, 2.05) is 0 Å². The molecule has 0 aliphatic rings. The average molecular weight is 292 g/mol. The molecule has 0 aliphatic carbocycles. The summed E-state index contributed by atoms with van der Waals surface area (Å²) in [5, 5.41) is 14.2. The molecule has 5 nitrogen and oxygen atoms in total. The van der Waals surface area contributed by atoms with Crippen LogP contribution in [0.15, 0.2) is 24.3 Å². The lowest BCUT2D eigenvalue weighted by atomic mass is 10.2. The number of hydrogen-bond donors (Lipinski definition) is 3. The number of halogens is 3. The van der Waals surface area contributed by atoms with E-state index >= 15 is 0 Å². The van der Waals surface area contributed by atoms with Crippen molar-refractivity contribution in [3.8, 4) is 5.75 Å². The first-order valence-corrected chi connectivity index (χ1v) is 5.76. The van der Waals surface area contributed by atoms with Gasteiger partial charge in [-0.25, -0.2) is 4.79 Å². The van der Waals surface area contributed by atoms with Gasteiger partial charge in [0.2, 0.25) is 0 Å². The SMILES string of the molecule is CNC(=O)NC[C@@H](O)COc1ccc(C(F)(F)F)cc1. The van der Waals surface area contributed by atoms with E-state index in [4.69, 9.17) is 4.74 Å². The molecule has 112 valence electrons. The van der Waals surface area contributed by atoms with Gasteiger partial charge >= 0.3 is 12.2 Å². The molecular formula is C12H15F3N2O3. The maximum atomic E-state index is 12.3. The highest BCUT2D eigenvalue weighted by Gasteiger charge is 2.30. The van der Waals surface area contributed by atoms with Crippen molar-refractivity contribution in [2.24, 2.45) is 0 Å². The number of nitrogens with one attached hydrogen (secondary N) is 2. The van der Waals surface area contributed by atoms with Gasteiger partial charge in [-0.15, -0.1) is 0 Å². The number of ether oxygens (including phenoxy) is 1. The highest BCUT2D eigenvalue weighted by molar-refractivity contribution is 5.73. The van der Waals surface area contributed by atoms with Crippen molar-refractivity contribution in [2.75, 3.05) is 20.2 Å². The minimum atomic E-state index is -4.39. The van der Waals surface area contributed by atoms with Gasteiger partial charge in [0.1, 0.15) is 18.5 Å². The highest BCUT2D eigenvalue weighted by atomic mass is 19.4. The van der Waals surface area contributed by atoms with Crippen molar-refractivity contribution in [3.63, 3.8) is 0 Å². The molecule has 3 N–H and O–H groups in total. The molecule has 0 aromatic heterocycles. The number of hydrogen-bond acceptors (Lipinski definition) is 3. The molecule has 0 saturated carbocycles. The lowest BCUT2D eigenvalue weighted by Crippen LogP contribution is -2.39. The van der Waals surface area contributed by atoms with Gasteiger partial charge in [-0.1, -0.05) is 0 Å². The first kappa shape index (κ1) is 16.1. The Kier molecular flexibility index (Phi) is 5.63. The number of aliphatic hydroxyl groups excluding tert-OH is 1. The van der Waals surface area contributed by atoms with Crippen molar-refractivity contribution in [1.82, 2.24) is 10.6 Å². The van der Waals surface area contributed by atoms with E-state index in [1.54, 1.807) is 0 Å². The molecule has 0 saturated heterocycles. The lowest BCUT2D eigenvalue weighted by Gasteiger charge is -2.13. The summed E-state index contributed by atoms with van der Waals surface area (Å²) in [4.78, 5) is 10.8. The standard InChI is InChI=1S/C12H15F3N2O3/c1-16-11(19)17-6-9(18)7-20-10-4-2-8(3-5-10)12(13,14)15/h2-5,9,18H,6-7H2,1H3,(H2,16,17,19)/t9-/m1/s1. The van der Waals surface area contributed by atoms with E-state index in [-0.39, 0.29) is 18.9 Å². The molecule has 1 aromatic carbocycles. The zero-order valence-corrected chi connectivity index (χ0v) is 10.7. The first-order valence-electron chi connectivity index (χ1n) is 5.76. The second kappa shape index (κ2) is 6.99. The van der Waals surface area contributed by atoms with Crippen LogP contribution in [0.1, 0.15) is 5.56 Å². The molecule has 8 heteroatoms. The summed E-state index contributed by atoms with van der Waals surface area (Å²) in [6.07, 6.45) is -5.36. The molecule has 0 heterocycles. The quantitative estimate of drug-likeness (QED) is 0.767. The number of urea groups is 1. The number of alkyl halides is 3. The largest absolute Gasteiger partial charge is 0.491 e. The summed E-state index contributed by atoms with van der Waals surface area (Å²) in [6, 6.07) is 3.68. The van der Waals surface area contributed by atoms with Gasteiger partial charge in [0, 0.05) is 13.6 Å². The molecule has 20 heavy (non-hydrogen) atoms. The molecule has 0 bridgehead atoms. The number of rotatable bonds is 5. The molecule has 1 atom stereocenters. The summed E-state index contributed by atoms with van der Waals surface area (Å²) in [6.45, 7) is -0.171. The van der Waals surface area contributed by atoms with Crippen LogP contribution in [0.25, 0.3) is 0 Å². The second-order valence-corrected chi connectivity index (χ2v) is 3.95. The Labute approximate surface area is 113 Å². The van der Waals surface area contributed by atoms with Gasteiger partial charge in [-0.3, -0.25) is 0 Å². The number of carbonyl (C=O) groups excluding carboxylic acids is 1. The molecule has 0 radical (unpaired) electrons. The maximum absolute atomic E-state index is 12.3. The van der Waals surface area contributed by atoms with Crippen LogP contribution in [0.4, 0.5) is 18.0 Å². The molecule has 0 aliphatic heterocycles. The van der Waals surface area contributed by atoms with Crippen LogP contribution >= 0.6 is 0 Å². The normalized spacial score (nSPS) is 12.7. The van der Waals surface area contributed by atoms with Gasteiger partial charge in [0.25, 0.3) is 0 Å². The molecular weight excluding hydrogens is 277 g/mol. The van der Waals surface area contributed by atoms with Crippen molar-refractivity contribution in [1.29, 1.82) is 0 Å². The number of carbonyl (C=O) groups is 1. The van der Waals surface area contributed by atoms with E-state index in [2.05, 4.69) is 10.6 Å². The van der Waals surface area contributed by atoms with Crippen LogP contribution in [0, 0.1) is 0 Å². The zero-order chi connectivity index (χ0) is 15.2. The Morgan fingerprint density at radius 3 is 2.45 bits per heavy atom. The summed E-state index contributed by atoms with van der Waals surface area (Å²) >= 11 is 0.